The molecule has 0 saturated carbocycles. The van der Waals surface area contributed by atoms with E-state index in [1.165, 1.54) is 6.20 Å². The molecule has 1 aromatic heterocycles. The Hall–Kier alpha value is -4.15. The van der Waals surface area contributed by atoms with Crippen LogP contribution < -0.4 is 18.9 Å². The number of pyridine rings is 1. The van der Waals surface area contributed by atoms with E-state index in [4.69, 9.17) is 35.7 Å². The normalized spacial score (nSPS) is 13.5. The number of fused-ring (bicyclic) bond motifs is 1. The van der Waals surface area contributed by atoms with Crippen LogP contribution in [0.2, 0.25) is 11.1 Å². The Labute approximate surface area is 287 Å². The monoisotopic (exact) mass is 687 g/mol. The highest BCUT2D eigenvalue weighted by Crippen LogP contribution is 2.37. The summed E-state index contributed by atoms with van der Waals surface area (Å²) in [5.74, 6) is 2.52. The van der Waals surface area contributed by atoms with E-state index in [2.05, 4.69) is 28.9 Å². The number of hydrogen-bond acceptors (Lipinski definition) is 10. The molecular formula is C36H38ClN3O7Si. The lowest BCUT2D eigenvalue weighted by Crippen LogP contribution is -2.35. The van der Waals surface area contributed by atoms with Gasteiger partial charge < -0.3 is 39.2 Å². The average Bonchev–Trinajstić information content (AvgIpc) is 3.10. The van der Waals surface area contributed by atoms with Crippen LogP contribution in [0.5, 0.6) is 23.0 Å². The lowest BCUT2D eigenvalue weighted by Gasteiger charge is -2.22. The fraction of sp³-hybridized carbons (Fsp3) is 0.333. The molecule has 5 rings (SSSR count). The first-order chi connectivity index (χ1) is 23.2. The number of aromatic nitrogens is 1. The zero-order chi connectivity index (χ0) is 34.0. The first-order valence-corrected chi connectivity index (χ1v) is 17.2. The predicted octanol–water partition coefficient (Wildman–Crippen LogP) is 4.74. The van der Waals surface area contributed by atoms with Crippen LogP contribution in [0.3, 0.4) is 0 Å². The molecule has 0 spiro atoms. The summed E-state index contributed by atoms with van der Waals surface area (Å²) in [6.07, 6.45) is 2.01. The Morgan fingerprint density at radius 1 is 1.00 bits per heavy atom. The summed E-state index contributed by atoms with van der Waals surface area (Å²) in [6, 6.07) is 20.1. The van der Waals surface area contributed by atoms with Crippen LogP contribution in [0.1, 0.15) is 27.8 Å². The van der Waals surface area contributed by atoms with Crippen molar-refractivity contribution >= 4 is 21.1 Å². The number of hydrogen-bond donors (Lipinski definition) is 3. The van der Waals surface area contributed by atoms with Gasteiger partial charge in [0.15, 0.2) is 11.5 Å². The Bertz CT molecular complexity index is 1750. The molecule has 0 fully saturated rings. The fourth-order valence-electron chi connectivity index (χ4n) is 5.26. The van der Waals surface area contributed by atoms with Gasteiger partial charge in [-0.2, -0.15) is 5.26 Å². The van der Waals surface area contributed by atoms with Gasteiger partial charge in [0.05, 0.1) is 38.5 Å². The summed E-state index contributed by atoms with van der Waals surface area (Å²) < 4.78 is 24.1. The van der Waals surface area contributed by atoms with Crippen LogP contribution in [0, 0.1) is 18.3 Å². The lowest BCUT2D eigenvalue weighted by atomic mass is 9.96. The minimum atomic E-state index is -1.14. The molecule has 3 N–H and O–H groups in total. The maximum Gasteiger partial charge on any atom is 0.161 e. The molecule has 0 saturated heterocycles. The third-order valence-corrected chi connectivity index (χ3v) is 9.57. The van der Waals surface area contributed by atoms with Gasteiger partial charge in [-0.1, -0.05) is 35.9 Å². The van der Waals surface area contributed by atoms with E-state index in [9.17, 15) is 15.5 Å². The number of nitriles is 1. The number of rotatable bonds is 15. The van der Waals surface area contributed by atoms with Crippen LogP contribution in [-0.2, 0) is 19.8 Å². The highest BCUT2D eigenvalue weighted by atomic mass is 35.5. The second kappa shape index (κ2) is 16.8. The van der Waals surface area contributed by atoms with Gasteiger partial charge >= 0.3 is 0 Å². The standard InChI is InChI=1S/C36H38ClN3O7Si/c1-23-27(4-3-5-29(23)26-6-7-32-35(14-26)45-10-9-44-32)22-47-34-15-33(46-21-25-12-24(16-38)17-39-18-25)28(13-30(34)37)19-40(2)8-11-48-36(43)31(42)20-41/h3-7,12-15,17-18,31,36,41-43H,8-11,19-22H2,1-2H3/t31-,36+/m1/s1. The second-order valence-electron chi connectivity index (χ2n) is 11.5. The van der Waals surface area contributed by atoms with Crippen LogP contribution in [0.4, 0.5) is 0 Å². The number of nitrogens with zero attached hydrogens (tertiary/aromatic N) is 3. The summed E-state index contributed by atoms with van der Waals surface area (Å²) in [5.41, 5.74) is 5.21. The van der Waals surface area contributed by atoms with E-state index in [0.29, 0.717) is 54.4 Å². The molecule has 1 aliphatic rings. The molecule has 0 unspecified atom stereocenters. The largest absolute Gasteiger partial charge is 0.488 e. The van der Waals surface area contributed by atoms with Crippen molar-refractivity contribution in [2.24, 2.45) is 0 Å². The number of ether oxygens (including phenoxy) is 4. The minimum Gasteiger partial charge on any atom is -0.488 e. The van der Waals surface area contributed by atoms with Crippen LogP contribution >= 0.6 is 11.6 Å². The predicted molar refractivity (Wildman–Crippen MR) is 183 cm³/mol. The molecule has 12 heteroatoms. The van der Waals surface area contributed by atoms with E-state index < -0.39 is 18.4 Å². The summed E-state index contributed by atoms with van der Waals surface area (Å²) in [6.45, 7) is 4.24. The van der Waals surface area contributed by atoms with E-state index in [0.717, 1.165) is 44.9 Å². The maximum atomic E-state index is 10.0. The SMILES string of the molecule is Cc1c(COc2cc(OCc3cncc(C#N)c3)c(CN(C)CC[Si][C@H](O)[C@H](O)CO)cc2Cl)cccc1-c1ccc2c(c1)OCCO2. The molecule has 2 atom stereocenters. The van der Waals surface area contributed by atoms with Gasteiger partial charge in [0.1, 0.15) is 44.0 Å². The van der Waals surface area contributed by atoms with E-state index in [1.54, 1.807) is 18.3 Å². The smallest absolute Gasteiger partial charge is 0.161 e. The van der Waals surface area contributed by atoms with Gasteiger partial charge in [0.25, 0.3) is 0 Å². The zero-order valence-electron chi connectivity index (χ0n) is 26.9. The first-order valence-electron chi connectivity index (χ1n) is 15.5. The maximum absolute atomic E-state index is 10.0. The van der Waals surface area contributed by atoms with Crippen LogP contribution in [-0.4, -0.2) is 80.0 Å². The Morgan fingerprint density at radius 3 is 2.58 bits per heavy atom. The highest BCUT2D eigenvalue weighted by molar-refractivity contribution is 6.37. The van der Waals surface area contributed by atoms with Crippen molar-refractivity contribution in [3.8, 4) is 40.2 Å². The lowest BCUT2D eigenvalue weighted by molar-refractivity contribution is 0.0228. The summed E-state index contributed by atoms with van der Waals surface area (Å²) in [4.78, 5) is 6.20. The van der Waals surface area contributed by atoms with Crippen molar-refractivity contribution in [1.29, 1.82) is 5.26 Å². The number of halogens is 1. The number of benzene rings is 3. The van der Waals surface area contributed by atoms with Crippen LogP contribution in [0.25, 0.3) is 11.1 Å². The summed E-state index contributed by atoms with van der Waals surface area (Å²) in [7, 11) is 2.02. The van der Waals surface area contributed by atoms with Gasteiger partial charge in [0.2, 0.25) is 0 Å². The van der Waals surface area contributed by atoms with Crippen molar-refractivity contribution in [3.05, 3.63) is 99.8 Å². The molecule has 250 valence electrons. The number of aliphatic hydroxyl groups is 3. The highest BCUT2D eigenvalue weighted by Gasteiger charge is 2.18. The van der Waals surface area contributed by atoms with Crippen LogP contribution in [0.15, 0.2) is 67.0 Å². The van der Waals surface area contributed by atoms with Crippen molar-refractivity contribution in [1.82, 2.24) is 9.88 Å². The van der Waals surface area contributed by atoms with E-state index >= 15 is 0 Å². The average molecular weight is 688 g/mol. The van der Waals surface area contributed by atoms with Gasteiger partial charge in [-0.3, -0.25) is 4.98 Å². The molecule has 10 nitrogen and oxygen atoms in total. The van der Waals surface area contributed by atoms with Crippen molar-refractivity contribution in [3.63, 3.8) is 0 Å². The van der Waals surface area contributed by atoms with E-state index in [1.807, 2.05) is 43.4 Å². The molecular weight excluding hydrogens is 650 g/mol. The van der Waals surface area contributed by atoms with E-state index in [-0.39, 0.29) is 22.7 Å². The van der Waals surface area contributed by atoms with Gasteiger partial charge in [-0.15, -0.1) is 0 Å². The van der Waals surface area contributed by atoms with Crippen molar-refractivity contribution < 1.29 is 34.3 Å². The third-order valence-electron chi connectivity index (χ3n) is 7.95. The summed E-state index contributed by atoms with van der Waals surface area (Å²) >= 11 is 6.78. The molecule has 3 aromatic carbocycles. The number of aliphatic hydroxyl groups excluding tert-OH is 3. The molecule has 2 heterocycles. The second-order valence-corrected chi connectivity index (χ2v) is 13.4. The molecule has 48 heavy (non-hydrogen) atoms. The zero-order valence-corrected chi connectivity index (χ0v) is 28.6. The topological polar surface area (TPSA) is 138 Å². The molecule has 0 bridgehead atoms. The summed E-state index contributed by atoms with van der Waals surface area (Å²) in [5, 5.41) is 38.5. The minimum absolute atomic E-state index is 0.0765. The Balaban J connectivity index is 1.33. The molecule has 4 aromatic rings. The third kappa shape index (κ3) is 9.05. The Morgan fingerprint density at radius 2 is 1.79 bits per heavy atom. The molecule has 1 aliphatic heterocycles. The van der Waals surface area contributed by atoms with Gasteiger partial charge in [-0.05, 0) is 73.1 Å². The van der Waals surface area contributed by atoms with Crippen molar-refractivity contribution in [2.45, 2.75) is 44.6 Å². The first kappa shape index (κ1) is 35.2. The van der Waals surface area contributed by atoms with Gasteiger partial charge in [0, 0.05) is 36.1 Å². The fourth-order valence-corrected chi connectivity index (χ4v) is 6.69. The van der Waals surface area contributed by atoms with Gasteiger partial charge in [-0.25, -0.2) is 0 Å². The van der Waals surface area contributed by atoms with Crippen molar-refractivity contribution in [2.75, 3.05) is 33.4 Å². The molecule has 0 aliphatic carbocycles. The quantitative estimate of drug-likeness (QED) is 0.150. The Kier molecular flexibility index (Phi) is 12.3. The molecule has 0 amide bonds. The molecule has 2 radical (unpaired) electrons.